The van der Waals surface area contributed by atoms with E-state index in [2.05, 4.69) is 37.9 Å². The van der Waals surface area contributed by atoms with Crippen molar-refractivity contribution in [3.63, 3.8) is 0 Å². The SMILES string of the molecule is CCC(NC1CN(C(C)C)CC1C)C1CC1. The van der Waals surface area contributed by atoms with Crippen LogP contribution >= 0.6 is 0 Å². The van der Waals surface area contributed by atoms with Crippen molar-refractivity contribution in [2.75, 3.05) is 13.1 Å². The molecule has 0 spiro atoms. The van der Waals surface area contributed by atoms with Gasteiger partial charge in [-0.05, 0) is 44.9 Å². The standard InChI is InChI=1S/C14H28N2/c1-5-13(12-6-7-12)15-14-9-16(10(2)3)8-11(14)4/h10-15H,5-9H2,1-4H3. The molecule has 0 aromatic rings. The van der Waals surface area contributed by atoms with E-state index in [-0.39, 0.29) is 0 Å². The van der Waals surface area contributed by atoms with Gasteiger partial charge < -0.3 is 5.32 Å². The third kappa shape index (κ3) is 2.78. The molecule has 1 saturated heterocycles. The smallest absolute Gasteiger partial charge is 0.0235 e. The first-order chi connectivity index (χ1) is 7.61. The van der Waals surface area contributed by atoms with Gasteiger partial charge in [-0.2, -0.15) is 0 Å². The van der Waals surface area contributed by atoms with Gasteiger partial charge in [-0.15, -0.1) is 0 Å². The van der Waals surface area contributed by atoms with E-state index in [9.17, 15) is 0 Å². The summed E-state index contributed by atoms with van der Waals surface area (Å²) in [5, 5.41) is 3.92. The van der Waals surface area contributed by atoms with E-state index in [1.807, 2.05) is 0 Å². The highest BCUT2D eigenvalue weighted by atomic mass is 15.2. The molecule has 1 saturated carbocycles. The van der Waals surface area contributed by atoms with E-state index in [4.69, 9.17) is 0 Å². The molecule has 1 aliphatic heterocycles. The number of hydrogen-bond acceptors (Lipinski definition) is 2. The van der Waals surface area contributed by atoms with Crippen molar-refractivity contribution >= 4 is 0 Å². The topological polar surface area (TPSA) is 15.3 Å². The Morgan fingerprint density at radius 3 is 2.38 bits per heavy atom. The Morgan fingerprint density at radius 1 is 1.25 bits per heavy atom. The Bertz CT molecular complexity index is 223. The van der Waals surface area contributed by atoms with Gasteiger partial charge >= 0.3 is 0 Å². The van der Waals surface area contributed by atoms with E-state index in [1.165, 1.54) is 32.4 Å². The van der Waals surface area contributed by atoms with Crippen LogP contribution < -0.4 is 5.32 Å². The van der Waals surface area contributed by atoms with Crippen LogP contribution in [-0.4, -0.2) is 36.1 Å². The average Bonchev–Trinajstić information content (AvgIpc) is 3.00. The highest BCUT2D eigenvalue weighted by Gasteiger charge is 2.36. The first kappa shape index (κ1) is 12.4. The van der Waals surface area contributed by atoms with Gasteiger partial charge in [0.05, 0.1) is 0 Å². The van der Waals surface area contributed by atoms with Crippen molar-refractivity contribution in [2.45, 2.75) is 65.1 Å². The second kappa shape index (κ2) is 5.05. The molecule has 3 unspecified atom stereocenters. The molecular formula is C14H28N2. The molecule has 2 aliphatic rings. The average molecular weight is 224 g/mol. The fourth-order valence-electron chi connectivity index (χ4n) is 3.00. The number of likely N-dealkylation sites (tertiary alicyclic amines) is 1. The van der Waals surface area contributed by atoms with Crippen LogP contribution in [-0.2, 0) is 0 Å². The van der Waals surface area contributed by atoms with Gasteiger partial charge in [0.25, 0.3) is 0 Å². The summed E-state index contributed by atoms with van der Waals surface area (Å²) in [5.74, 6) is 1.81. The third-order valence-electron chi connectivity index (χ3n) is 4.43. The molecule has 0 amide bonds. The molecule has 1 heterocycles. The predicted molar refractivity (Wildman–Crippen MR) is 69.6 cm³/mol. The van der Waals surface area contributed by atoms with E-state index in [0.717, 1.165) is 23.9 Å². The maximum atomic E-state index is 3.92. The van der Waals surface area contributed by atoms with Crippen LogP contribution in [0.3, 0.4) is 0 Å². The van der Waals surface area contributed by atoms with Crippen molar-refractivity contribution in [1.82, 2.24) is 10.2 Å². The maximum Gasteiger partial charge on any atom is 0.0235 e. The van der Waals surface area contributed by atoms with Crippen LogP contribution in [0.15, 0.2) is 0 Å². The molecule has 94 valence electrons. The first-order valence-corrected chi connectivity index (χ1v) is 7.12. The first-order valence-electron chi connectivity index (χ1n) is 7.12. The van der Waals surface area contributed by atoms with Crippen molar-refractivity contribution < 1.29 is 0 Å². The molecule has 16 heavy (non-hydrogen) atoms. The minimum Gasteiger partial charge on any atom is -0.309 e. The van der Waals surface area contributed by atoms with Crippen LogP contribution in [0.25, 0.3) is 0 Å². The van der Waals surface area contributed by atoms with Crippen LogP contribution in [0.2, 0.25) is 0 Å². The van der Waals surface area contributed by atoms with Crippen LogP contribution in [0.5, 0.6) is 0 Å². The largest absolute Gasteiger partial charge is 0.309 e. The van der Waals surface area contributed by atoms with Gasteiger partial charge in [0.1, 0.15) is 0 Å². The molecule has 0 aromatic carbocycles. The zero-order valence-electron chi connectivity index (χ0n) is 11.4. The second-order valence-electron chi connectivity index (χ2n) is 6.15. The molecule has 0 bridgehead atoms. The number of hydrogen-bond donors (Lipinski definition) is 1. The zero-order valence-corrected chi connectivity index (χ0v) is 11.4. The Kier molecular flexibility index (Phi) is 3.91. The summed E-state index contributed by atoms with van der Waals surface area (Å²) in [6, 6.07) is 2.22. The van der Waals surface area contributed by atoms with Crippen molar-refractivity contribution in [3.05, 3.63) is 0 Å². The molecule has 0 radical (unpaired) electrons. The fourth-order valence-corrected chi connectivity index (χ4v) is 3.00. The summed E-state index contributed by atoms with van der Waals surface area (Å²) in [6.45, 7) is 11.9. The molecule has 2 nitrogen and oxygen atoms in total. The summed E-state index contributed by atoms with van der Waals surface area (Å²) < 4.78 is 0. The van der Waals surface area contributed by atoms with E-state index in [0.29, 0.717) is 6.04 Å². The van der Waals surface area contributed by atoms with Crippen LogP contribution in [0.1, 0.15) is 47.0 Å². The minimum atomic E-state index is 0.704. The van der Waals surface area contributed by atoms with Crippen molar-refractivity contribution in [1.29, 1.82) is 0 Å². The Balaban J connectivity index is 1.84. The lowest BCUT2D eigenvalue weighted by Crippen LogP contribution is -2.43. The summed E-state index contributed by atoms with van der Waals surface area (Å²) in [6.07, 6.45) is 4.22. The normalized spacial score (nSPS) is 33.6. The van der Waals surface area contributed by atoms with E-state index < -0.39 is 0 Å². The lowest BCUT2D eigenvalue weighted by molar-refractivity contribution is 0.261. The third-order valence-corrected chi connectivity index (χ3v) is 4.43. The van der Waals surface area contributed by atoms with Gasteiger partial charge in [-0.3, -0.25) is 4.90 Å². The highest BCUT2D eigenvalue weighted by Crippen LogP contribution is 2.34. The molecule has 0 aromatic heterocycles. The number of nitrogens with one attached hydrogen (secondary N) is 1. The molecule has 3 atom stereocenters. The second-order valence-corrected chi connectivity index (χ2v) is 6.15. The molecule has 2 heteroatoms. The highest BCUT2D eigenvalue weighted by molar-refractivity contribution is 4.93. The fraction of sp³-hybridized carbons (Fsp3) is 1.00. The van der Waals surface area contributed by atoms with Gasteiger partial charge in [-0.25, -0.2) is 0 Å². The van der Waals surface area contributed by atoms with Crippen LogP contribution in [0.4, 0.5) is 0 Å². The predicted octanol–water partition coefficient (Wildman–Crippen LogP) is 2.49. The maximum absolute atomic E-state index is 3.92. The minimum absolute atomic E-state index is 0.704. The molecule has 2 fully saturated rings. The number of rotatable bonds is 5. The monoisotopic (exact) mass is 224 g/mol. The quantitative estimate of drug-likeness (QED) is 0.772. The van der Waals surface area contributed by atoms with Gasteiger partial charge in [0, 0.05) is 31.2 Å². The lowest BCUT2D eigenvalue weighted by atomic mass is 10.0. The van der Waals surface area contributed by atoms with E-state index >= 15 is 0 Å². The molecular weight excluding hydrogens is 196 g/mol. The van der Waals surface area contributed by atoms with Crippen molar-refractivity contribution in [3.8, 4) is 0 Å². The van der Waals surface area contributed by atoms with E-state index in [1.54, 1.807) is 0 Å². The van der Waals surface area contributed by atoms with Crippen LogP contribution in [0, 0.1) is 11.8 Å². The summed E-state index contributed by atoms with van der Waals surface area (Å²) in [5.41, 5.74) is 0. The molecule has 1 aliphatic carbocycles. The molecule has 2 rings (SSSR count). The number of nitrogens with zero attached hydrogens (tertiary/aromatic N) is 1. The Morgan fingerprint density at radius 2 is 1.94 bits per heavy atom. The summed E-state index contributed by atoms with van der Waals surface area (Å²) >= 11 is 0. The molecule has 1 N–H and O–H groups in total. The lowest BCUT2D eigenvalue weighted by Gasteiger charge is -2.25. The van der Waals surface area contributed by atoms with Gasteiger partial charge in [0.2, 0.25) is 0 Å². The van der Waals surface area contributed by atoms with Crippen molar-refractivity contribution in [2.24, 2.45) is 11.8 Å². The zero-order chi connectivity index (χ0) is 11.7. The van der Waals surface area contributed by atoms with Gasteiger partial charge in [-0.1, -0.05) is 13.8 Å². The Hall–Kier alpha value is -0.0800. The Labute approximate surface area is 101 Å². The summed E-state index contributed by atoms with van der Waals surface area (Å²) in [4.78, 5) is 2.61. The summed E-state index contributed by atoms with van der Waals surface area (Å²) in [7, 11) is 0. The van der Waals surface area contributed by atoms with Gasteiger partial charge in [0.15, 0.2) is 0 Å².